The van der Waals surface area contributed by atoms with Gasteiger partial charge in [0.2, 0.25) is 0 Å². The lowest BCUT2D eigenvalue weighted by atomic mass is 10.2. The van der Waals surface area contributed by atoms with Gasteiger partial charge in [-0.2, -0.15) is 0 Å². The molecule has 0 aliphatic carbocycles. The number of rotatable bonds is 4. The maximum absolute atomic E-state index is 13.5. The van der Waals surface area contributed by atoms with E-state index in [0.717, 1.165) is 23.8 Å². The van der Waals surface area contributed by atoms with Crippen molar-refractivity contribution in [3.63, 3.8) is 0 Å². The topological polar surface area (TPSA) is 47.6 Å². The molecule has 0 aliphatic heterocycles. The molecular weight excluding hydrogens is 354 g/mol. The molecule has 0 saturated carbocycles. The number of ether oxygens (including phenoxy) is 2. The largest absolute Gasteiger partial charge is 0.573 e. The number of alkyl carbamates (subject to hydrolysis) is 1. The van der Waals surface area contributed by atoms with E-state index in [4.69, 9.17) is 4.74 Å². The van der Waals surface area contributed by atoms with E-state index >= 15 is 0 Å². The number of carbonyl (C=O) groups is 1. The molecule has 2 rings (SSSR count). The lowest BCUT2D eigenvalue weighted by Crippen LogP contribution is -2.24. The number of hydrogen-bond donors (Lipinski definition) is 1. The Morgan fingerprint density at radius 2 is 1.85 bits per heavy atom. The third-order valence-electron chi connectivity index (χ3n) is 2.93. The van der Waals surface area contributed by atoms with Crippen LogP contribution in [-0.2, 0) is 11.3 Å². The standard InChI is InChI=1S/C18H13F4NO3/c19-16-9-8-15(26-18(20,21)22)11-14(16)7-4-10-23-17(24)25-12-13-5-2-1-3-6-13/h1-3,5-6,8-9,11H,10,12H2,(H,23,24). The summed E-state index contributed by atoms with van der Waals surface area (Å²) < 4.78 is 58.6. The van der Waals surface area contributed by atoms with Gasteiger partial charge in [-0.15, -0.1) is 13.2 Å². The quantitative estimate of drug-likeness (QED) is 0.656. The van der Waals surface area contributed by atoms with Gasteiger partial charge in [-0.1, -0.05) is 42.2 Å². The maximum atomic E-state index is 13.5. The van der Waals surface area contributed by atoms with Gasteiger partial charge in [0.1, 0.15) is 18.2 Å². The number of halogens is 4. The molecule has 0 heterocycles. The molecule has 4 nitrogen and oxygen atoms in total. The van der Waals surface area contributed by atoms with Gasteiger partial charge in [0.25, 0.3) is 0 Å². The SMILES string of the molecule is O=C(NCC#Cc1cc(OC(F)(F)F)ccc1F)OCc1ccccc1. The highest BCUT2D eigenvalue weighted by molar-refractivity contribution is 5.67. The second kappa shape index (κ2) is 8.76. The Kier molecular flexibility index (Phi) is 6.44. The monoisotopic (exact) mass is 367 g/mol. The number of hydrogen-bond acceptors (Lipinski definition) is 3. The van der Waals surface area contributed by atoms with Crippen molar-refractivity contribution < 1.29 is 31.8 Å². The number of alkyl halides is 3. The minimum absolute atomic E-state index is 0.0750. The van der Waals surface area contributed by atoms with E-state index in [1.807, 2.05) is 6.07 Å². The predicted molar refractivity (Wildman–Crippen MR) is 84.6 cm³/mol. The van der Waals surface area contributed by atoms with Crippen LogP contribution < -0.4 is 10.1 Å². The minimum atomic E-state index is -4.88. The first-order valence-electron chi connectivity index (χ1n) is 7.32. The van der Waals surface area contributed by atoms with Crippen LogP contribution in [0.2, 0.25) is 0 Å². The van der Waals surface area contributed by atoms with Crippen LogP contribution in [0.15, 0.2) is 48.5 Å². The second-order valence-corrected chi connectivity index (χ2v) is 4.91. The van der Waals surface area contributed by atoms with Crippen molar-refractivity contribution in [2.24, 2.45) is 0 Å². The molecule has 0 fully saturated rings. The van der Waals surface area contributed by atoms with Crippen molar-refractivity contribution in [1.29, 1.82) is 0 Å². The van der Waals surface area contributed by atoms with Crippen LogP contribution in [0.3, 0.4) is 0 Å². The fraction of sp³-hybridized carbons (Fsp3) is 0.167. The average molecular weight is 367 g/mol. The van der Waals surface area contributed by atoms with E-state index in [0.29, 0.717) is 0 Å². The van der Waals surface area contributed by atoms with Crippen LogP contribution in [0.25, 0.3) is 0 Å². The van der Waals surface area contributed by atoms with Crippen LogP contribution in [0.4, 0.5) is 22.4 Å². The van der Waals surface area contributed by atoms with E-state index in [2.05, 4.69) is 21.9 Å². The highest BCUT2D eigenvalue weighted by Crippen LogP contribution is 2.24. The third kappa shape index (κ3) is 6.73. The highest BCUT2D eigenvalue weighted by Gasteiger charge is 2.31. The first-order chi connectivity index (χ1) is 12.3. The van der Waals surface area contributed by atoms with E-state index in [1.165, 1.54) is 0 Å². The Hall–Kier alpha value is -3.21. The molecular formula is C18H13F4NO3. The van der Waals surface area contributed by atoms with Crippen LogP contribution in [-0.4, -0.2) is 19.0 Å². The zero-order valence-electron chi connectivity index (χ0n) is 13.3. The smallest absolute Gasteiger partial charge is 0.445 e. The van der Waals surface area contributed by atoms with Crippen molar-refractivity contribution in [2.75, 3.05) is 6.54 Å². The van der Waals surface area contributed by atoms with Crippen molar-refractivity contribution in [1.82, 2.24) is 5.32 Å². The van der Waals surface area contributed by atoms with Gasteiger partial charge in [-0.3, -0.25) is 0 Å². The highest BCUT2D eigenvalue weighted by atomic mass is 19.4. The van der Waals surface area contributed by atoms with Crippen molar-refractivity contribution in [3.05, 3.63) is 65.5 Å². The minimum Gasteiger partial charge on any atom is -0.445 e. The molecule has 0 spiro atoms. The van der Waals surface area contributed by atoms with Gasteiger partial charge in [-0.05, 0) is 23.8 Å². The Morgan fingerprint density at radius 3 is 2.54 bits per heavy atom. The van der Waals surface area contributed by atoms with Crippen molar-refractivity contribution in [2.45, 2.75) is 13.0 Å². The number of amides is 1. The van der Waals surface area contributed by atoms with E-state index in [1.54, 1.807) is 24.3 Å². The summed E-state index contributed by atoms with van der Waals surface area (Å²) in [6.45, 7) is -0.0943. The Morgan fingerprint density at radius 1 is 1.12 bits per heavy atom. The number of nitrogens with one attached hydrogen (secondary N) is 1. The molecule has 26 heavy (non-hydrogen) atoms. The fourth-order valence-corrected chi connectivity index (χ4v) is 1.83. The lowest BCUT2D eigenvalue weighted by molar-refractivity contribution is -0.274. The van der Waals surface area contributed by atoms with Gasteiger partial charge in [0, 0.05) is 0 Å². The Balaban J connectivity index is 1.85. The Bertz CT molecular complexity index is 811. The van der Waals surface area contributed by atoms with Gasteiger partial charge < -0.3 is 14.8 Å². The second-order valence-electron chi connectivity index (χ2n) is 4.91. The Labute approximate surface area is 146 Å². The van der Waals surface area contributed by atoms with Crippen LogP contribution >= 0.6 is 0 Å². The molecule has 0 aromatic heterocycles. The maximum Gasteiger partial charge on any atom is 0.573 e. The summed E-state index contributed by atoms with van der Waals surface area (Å²) in [5.41, 5.74) is 0.517. The van der Waals surface area contributed by atoms with Crippen molar-refractivity contribution >= 4 is 6.09 Å². The number of benzene rings is 2. The average Bonchev–Trinajstić information content (AvgIpc) is 2.59. The van der Waals surface area contributed by atoms with Crippen LogP contribution in [0.5, 0.6) is 5.75 Å². The van der Waals surface area contributed by atoms with Crippen LogP contribution in [0.1, 0.15) is 11.1 Å². The predicted octanol–water partition coefficient (Wildman–Crippen LogP) is 4.00. The molecule has 136 valence electrons. The lowest BCUT2D eigenvalue weighted by Gasteiger charge is -2.08. The first kappa shape index (κ1) is 19.1. The summed E-state index contributed by atoms with van der Waals surface area (Å²) in [5.74, 6) is 3.36. The third-order valence-corrected chi connectivity index (χ3v) is 2.93. The van der Waals surface area contributed by atoms with Gasteiger partial charge >= 0.3 is 12.5 Å². The summed E-state index contributed by atoms with van der Waals surface area (Å²) in [6.07, 6.45) is -5.61. The summed E-state index contributed by atoms with van der Waals surface area (Å²) in [4.78, 5) is 11.5. The molecule has 0 atom stereocenters. The van der Waals surface area contributed by atoms with Crippen molar-refractivity contribution in [3.8, 4) is 17.6 Å². The summed E-state index contributed by atoms with van der Waals surface area (Å²) >= 11 is 0. The van der Waals surface area contributed by atoms with Gasteiger partial charge in [0.05, 0.1) is 12.1 Å². The van der Waals surface area contributed by atoms with E-state index < -0.39 is 24.0 Å². The van der Waals surface area contributed by atoms with Crippen LogP contribution in [0, 0.1) is 17.7 Å². The molecule has 0 saturated heterocycles. The molecule has 2 aromatic rings. The van der Waals surface area contributed by atoms with Gasteiger partial charge in [0.15, 0.2) is 0 Å². The zero-order valence-corrected chi connectivity index (χ0v) is 13.3. The van der Waals surface area contributed by atoms with Gasteiger partial charge in [-0.25, -0.2) is 9.18 Å². The zero-order chi connectivity index (χ0) is 19.0. The van der Waals surface area contributed by atoms with E-state index in [-0.39, 0.29) is 18.7 Å². The summed E-state index contributed by atoms with van der Waals surface area (Å²) in [6, 6.07) is 11.5. The molecule has 0 unspecified atom stereocenters. The molecule has 1 amide bonds. The first-order valence-corrected chi connectivity index (χ1v) is 7.32. The molecule has 8 heteroatoms. The normalized spacial score (nSPS) is 10.5. The van der Waals surface area contributed by atoms with E-state index in [9.17, 15) is 22.4 Å². The number of carbonyl (C=O) groups excluding carboxylic acids is 1. The fourth-order valence-electron chi connectivity index (χ4n) is 1.83. The molecule has 0 aliphatic rings. The summed E-state index contributed by atoms with van der Waals surface area (Å²) in [5, 5.41) is 2.33. The molecule has 0 radical (unpaired) electrons. The summed E-state index contributed by atoms with van der Waals surface area (Å²) in [7, 11) is 0. The molecule has 1 N–H and O–H groups in total. The molecule has 2 aromatic carbocycles. The molecule has 0 bridgehead atoms.